The molecule has 1 amide bonds. The third kappa shape index (κ3) is 3.94. The van der Waals surface area contributed by atoms with Crippen molar-refractivity contribution >= 4 is 34.9 Å². The van der Waals surface area contributed by atoms with Gasteiger partial charge in [0.05, 0.1) is 54.2 Å². The summed E-state index contributed by atoms with van der Waals surface area (Å²) < 4.78 is 21.8. The van der Waals surface area contributed by atoms with Crippen LogP contribution in [-0.4, -0.2) is 51.4 Å². The van der Waals surface area contributed by atoms with Crippen LogP contribution in [0.25, 0.3) is 22.3 Å². The van der Waals surface area contributed by atoms with E-state index in [1.165, 1.54) is 24.9 Å². The van der Waals surface area contributed by atoms with Gasteiger partial charge in [0, 0.05) is 46.8 Å². The Labute approximate surface area is 227 Å². The Bertz CT molecular complexity index is 1620. The molecule has 1 aromatic carbocycles. The van der Waals surface area contributed by atoms with Crippen LogP contribution in [0.15, 0.2) is 21.8 Å². The first kappa shape index (κ1) is 26.1. The van der Waals surface area contributed by atoms with E-state index < -0.39 is 23.4 Å². The van der Waals surface area contributed by atoms with E-state index in [1.54, 1.807) is 17.6 Å². The Morgan fingerprint density at radius 2 is 2.18 bits per heavy atom. The largest absolute Gasteiger partial charge is 0.395 e. The molecule has 3 aromatic rings. The van der Waals surface area contributed by atoms with Crippen LogP contribution in [0.5, 0.6) is 0 Å². The highest BCUT2D eigenvalue weighted by Crippen LogP contribution is 2.50. The number of rotatable bonds is 8. The molecule has 2 atom stereocenters. The minimum absolute atomic E-state index is 0.0455. The summed E-state index contributed by atoms with van der Waals surface area (Å²) in [7, 11) is 1.45. The van der Waals surface area contributed by atoms with Gasteiger partial charge in [0.15, 0.2) is 0 Å². The minimum Gasteiger partial charge on any atom is -0.395 e. The van der Waals surface area contributed by atoms with E-state index in [-0.39, 0.29) is 43.2 Å². The number of ether oxygens (including phenoxy) is 1. The number of pyridine rings is 2. The highest BCUT2D eigenvalue weighted by Gasteiger charge is 2.50. The second-order valence-corrected chi connectivity index (χ2v) is 11.6. The maximum absolute atomic E-state index is 15.0. The SMILES string of the molecule is COCc1c(C(O)CC=O)cc2n(c1=O)Cc1c-2nc2cc(F)c(C)c3c2c1C(NC(=O)C1(CO)CC1)CS3. The number of methoxy groups -OCH3 is 1. The molecule has 3 N–H and O–H groups in total. The van der Waals surface area contributed by atoms with E-state index in [2.05, 4.69) is 5.32 Å². The molecule has 0 saturated heterocycles. The second-order valence-electron chi connectivity index (χ2n) is 10.5. The molecule has 0 radical (unpaired) electrons. The van der Waals surface area contributed by atoms with Gasteiger partial charge in [-0.15, -0.1) is 11.8 Å². The molecule has 2 aromatic heterocycles. The van der Waals surface area contributed by atoms with E-state index in [0.29, 0.717) is 52.9 Å². The first-order chi connectivity index (χ1) is 18.7. The maximum Gasteiger partial charge on any atom is 0.257 e. The highest BCUT2D eigenvalue weighted by atomic mass is 32.2. The number of hydrogen-bond acceptors (Lipinski definition) is 8. The van der Waals surface area contributed by atoms with Crippen molar-refractivity contribution in [1.29, 1.82) is 0 Å². The van der Waals surface area contributed by atoms with Crippen molar-refractivity contribution in [3.63, 3.8) is 0 Å². The Morgan fingerprint density at radius 3 is 2.85 bits per heavy atom. The van der Waals surface area contributed by atoms with Gasteiger partial charge in [-0.25, -0.2) is 9.37 Å². The number of hydrogen-bond donors (Lipinski definition) is 3. The zero-order valence-electron chi connectivity index (χ0n) is 21.5. The number of nitrogens with one attached hydrogen (secondary N) is 1. The number of nitrogens with zero attached hydrogens (tertiary/aromatic N) is 2. The van der Waals surface area contributed by atoms with Gasteiger partial charge in [-0.05, 0) is 42.5 Å². The summed E-state index contributed by atoms with van der Waals surface area (Å²) in [5.41, 5.74) is 2.79. The molecular formula is C28H28FN3O6S. The van der Waals surface area contributed by atoms with Crippen molar-refractivity contribution in [1.82, 2.24) is 14.9 Å². The fourth-order valence-corrected chi connectivity index (χ4v) is 7.03. The van der Waals surface area contributed by atoms with Crippen LogP contribution in [0.4, 0.5) is 4.39 Å². The zero-order chi connectivity index (χ0) is 27.6. The van der Waals surface area contributed by atoms with Gasteiger partial charge in [-0.2, -0.15) is 0 Å². The van der Waals surface area contributed by atoms with Gasteiger partial charge in [0.2, 0.25) is 5.91 Å². The number of thioether (sulfide) groups is 1. The molecule has 2 unspecified atom stereocenters. The zero-order valence-corrected chi connectivity index (χ0v) is 22.4. The van der Waals surface area contributed by atoms with Gasteiger partial charge < -0.3 is 29.6 Å². The van der Waals surface area contributed by atoms with Gasteiger partial charge in [0.25, 0.3) is 5.56 Å². The van der Waals surface area contributed by atoms with E-state index in [1.807, 2.05) is 0 Å². The van der Waals surface area contributed by atoms with Crippen LogP contribution in [0.2, 0.25) is 0 Å². The lowest BCUT2D eigenvalue weighted by Crippen LogP contribution is -2.39. The smallest absolute Gasteiger partial charge is 0.257 e. The molecule has 2 aliphatic heterocycles. The van der Waals surface area contributed by atoms with Crippen LogP contribution >= 0.6 is 11.8 Å². The fraction of sp³-hybridized carbons (Fsp3) is 0.429. The fourth-order valence-electron chi connectivity index (χ4n) is 5.77. The topological polar surface area (TPSA) is 131 Å². The average molecular weight is 554 g/mol. The number of aliphatic hydroxyl groups excluding tert-OH is 2. The summed E-state index contributed by atoms with van der Waals surface area (Å²) in [6.45, 7) is 1.63. The van der Waals surface area contributed by atoms with Gasteiger partial charge >= 0.3 is 0 Å². The van der Waals surface area contributed by atoms with E-state index in [0.717, 1.165) is 21.4 Å². The monoisotopic (exact) mass is 553 g/mol. The molecule has 0 spiro atoms. The third-order valence-corrected chi connectivity index (χ3v) is 9.50. The number of aliphatic hydroxyl groups is 2. The number of benzene rings is 1. The minimum atomic E-state index is -1.20. The quantitative estimate of drug-likeness (QED) is 0.284. The van der Waals surface area contributed by atoms with Crippen molar-refractivity contribution in [3.05, 3.63) is 56.1 Å². The van der Waals surface area contributed by atoms with Crippen molar-refractivity contribution in [2.75, 3.05) is 19.5 Å². The molecule has 39 heavy (non-hydrogen) atoms. The van der Waals surface area contributed by atoms with Gasteiger partial charge in [-0.3, -0.25) is 9.59 Å². The number of carbonyl (C=O) groups excluding carboxylic acids is 2. The molecule has 4 heterocycles. The molecule has 9 nitrogen and oxygen atoms in total. The molecule has 11 heteroatoms. The summed E-state index contributed by atoms with van der Waals surface area (Å²) in [6.07, 6.45) is 0.447. The third-order valence-electron chi connectivity index (χ3n) is 8.20. The van der Waals surface area contributed by atoms with Crippen molar-refractivity contribution < 1.29 is 28.9 Å². The molecule has 204 valence electrons. The summed E-state index contributed by atoms with van der Waals surface area (Å²) in [5, 5.41) is 24.4. The summed E-state index contributed by atoms with van der Waals surface area (Å²) in [5.74, 6) is -0.151. The van der Waals surface area contributed by atoms with E-state index in [9.17, 15) is 29.0 Å². The standard InChI is InChI=1S/C28H28FN3O6S/c1-13-17(29)8-18-23-22(19(11-39-25(13)23)31-27(37)28(12-34)4-5-28)15-9-32-20(24(15)30-18)7-14(21(35)3-6-33)16(10-38-2)26(32)36/h6-8,19,21,34-35H,3-5,9-12H2,1-2H3,(H,31,37). The molecule has 0 bridgehead atoms. The first-order valence-electron chi connectivity index (χ1n) is 12.8. The average Bonchev–Trinajstić information content (AvgIpc) is 3.64. The summed E-state index contributed by atoms with van der Waals surface area (Å²) in [4.78, 5) is 43.5. The second kappa shape index (κ2) is 9.51. The lowest BCUT2D eigenvalue weighted by Gasteiger charge is -2.30. The predicted octanol–water partition coefficient (Wildman–Crippen LogP) is 2.68. The van der Waals surface area contributed by atoms with Crippen LogP contribution in [0, 0.1) is 18.2 Å². The number of aromatic nitrogens is 2. The highest BCUT2D eigenvalue weighted by molar-refractivity contribution is 7.99. The first-order valence-corrected chi connectivity index (χ1v) is 13.8. The molecule has 1 aliphatic carbocycles. The molecule has 3 aliphatic rings. The number of aldehydes is 1. The summed E-state index contributed by atoms with van der Waals surface area (Å²) in [6, 6.07) is 2.59. The van der Waals surface area contributed by atoms with Crippen molar-refractivity contribution in [3.8, 4) is 11.4 Å². The normalized spacial score (nSPS) is 18.9. The number of fused-ring (bicyclic) bond motifs is 4. The molecule has 6 rings (SSSR count). The Balaban J connectivity index is 1.58. The number of halogens is 1. The Hall–Kier alpha value is -3.12. The van der Waals surface area contributed by atoms with E-state index >= 15 is 0 Å². The Kier molecular flexibility index (Phi) is 6.37. The predicted molar refractivity (Wildman–Crippen MR) is 142 cm³/mol. The van der Waals surface area contributed by atoms with Crippen LogP contribution in [-0.2, 0) is 27.5 Å². The van der Waals surface area contributed by atoms with E-state index in [4.69, 9.17) is 9.72 Å². The van der Waals surface area contributed by atoms with Crippen molar-refractivity contribution in [2.24, 2.45) is 5.41 Å². The molecular weight excluding hydrogens is 525 g/mol. The van der Waals surface area contributed by atoms with Gasteiger partial charge in [-0.1, -0.05) is 0 Å². The van der Waals surface area contributed by atoms with Crippen LogP contribution in [0.1, 0.15) is 59.2 Å². The molecule has 1 saturated carbocycles. The summed E-state index contributed by atoms with van der Waals surface area (Å²) >= 11 is 1.46. The van der Waals surface area contributed by atoms with Crippen LogP contribution < -0.4 is 10.9 Å². The number of carbonyl (C=O) groups is 2. The van der Waals surface area contributed by atoms with Crippen LogP contribution in [0.3, 0.4) is 0 Å². The Morgan fingerprint density at radius 1 is 1.41 bits per heavy atom. The van der Waals surface area contributed by atoms with Crippen molar-refractivity contribution in [2.45, 2.75) is 56.4 Å². The van der Waals surface area contributed by atoms with Gasteiger partial charge in [0.1, 0.15) is 12.1 Å². The lowest BCUT2D eigenvalue weighted by molar-refractivity contribution is -0.128. The lowest BCUT2D eigenvalue weighted by atomic mass is 9.92. The molecule has 1 fully saturated rings. The number of amides is 1. The maximum atomic E-state index is 15.0.